The van der Waals surface area contributed by atoms with Crippen LogP contribution in [-0.4, -0.2) is 23.7 Å². The molecule has 3 aromatic carbocycles. The van der Waals surface area contributed by atoms with Gasteiger partial charge in [0.15, 0.2) is 0 Å². The highest BCUT2D eigenvalue weighted by molar-refractivity contribution is 5.87. The number of likely N-dealkylation sites (tertiary alicyclic amines) is 1. The number of rotatable bonds is 4. The topological polar surface area (TPSA) is 32.7 Å². The van der Waals surface area contributed by atoms with E-state index in [-0.39, 0.29) is 0 Å². The van der Waals surface area contributed by atoms with E-state index >= 15 is 0 Å². The molecule has 1 saturated heterocycles. The van der Waals surface area contributed by atoms with Gasteiger partial charge in [-0.2, -0.15) is 0 Å². The number of phenolic OH excluding ortho intramolecular Hbond substituents is 1. The first kappa shape index (κ1) is 16.0. The van der Waals surface area contributed by atoms with Gasteiger partial charge in [0.25, 0.3) is 0 Å². The van der Waals surface area contributed by atoms with E-state index in [9.17, 15) is 5.11 Å². The molecule has 1 N–H and O–H groups in total. The average molecular weight is 333 g/mol. The van der Waals surface area contributed by atoms with Crippen LogP contribution in [0.1, 0.15) is 30.0 Å². The summed E-state index contributed by atoms with van der Waals surface area (Å²) in [5, 5.41) is 12.8. The Balaban J connectivity index is 1.64. The zero-order valence-corrected chi connectivity index (χ0v) is 14.5. The van der Waals surface area contributed by atoms with Crippen LogP contribution in [-0.2, 0) is 6.54 Å². The summed E-state index contributed by atoms with van der Waals surface area (Å²) < 4.78 is 5.27. The van der Waals surface area contributed by atoms with Gasteiger partial charge in [-0.15, -0.1) is 0 Å². The number of nitrogens with zero attached hydrogens (tertiary/aromatic N) is 1. The molecule has 0 radical (unpaired) electrons. The third-order valence-corrected chi connectivity index (χ3v) is 5.24. The van der Waals surface area contributed by atoms with Gasteiger partial charge in [-0.3, -0.25) is 4.90 Å². The molecule has 0 spiro atoms. The van der Waals surface area contributed by atoms with Gasteiger partial charge in [-0.05, 0) is 53.9 Å². The molecular formula is C22H23NO2. The number of ether oxygens (including phenoxy) is 1. The minimum absolute atomic E-state index is 0.388. The fraction of sp³-hybridized carbons (Fsp3) is 0.273. The Kier molecular flexibility index (Phi) is 4.33. The quantitative estimate of drug-likeness (QED) is 0.738. The van der Waals surface area contributed by atoms with Crippen LogP contribution in [0.25, 0.3) is 10.8 Å². The molecule has 0 bridgehead atoms. The summed E-state index contributed by atoms with van der Waals surface area (Å²) in [6.45, 7) is 1.82. The summed E-state index contributed by atoms with van der Waals surface area (Å²) in [6.07, 6.45) is 2.33. The number of fused-ring (bicyclic) bond motifs is 1. The van der Waals surface area contributed by atoms with Crippen molar-refractivity contribution in [3.8, 4) is 11.5 Å². The second kappa shape index (κ2) is 6.77. The molecule has 0 aliphatic carbocycles. The first-order valence-electron chi connectivity index (χ1n) is 8.84. The summed E-state index contributed by atoms with van der Waals surface area (Å²) >= 11 is 0. The van der Waals surface area contributed by atoms with Crippen molar-refractivity contribution in [1.29, 1.82) is 0 Å². The van der Waals surface area contributed by atoms with Crippen LogP contribution in [0.5, 0.6) is 11.5 Å². The van der Waals surface area contributed by atoms with Gasteiger partial charge in [-0.1, -0.05) is 42.5 Å². The third-order valence-electron chi connectivity index (χ3n) is 5.24. The van der Waals surface area contributed by atoms with Crippen molar-refractivity contribution < 1.29 is 9.84 Å². The summed E-state index contributed by atoms with van der Waals surface area (Å²) in [4.78, 5) is 2.48. The summed E-state index contributed by atoms with van der Waals surface area (Å²) in [7, 11) is 1.69. The van der Waals surface area contributed by atoms with Crippen molar-refractivity contribution in [2.24, 2.45) is 0 Å². The minimum Gasteiger partial charge on any atom is -0.508 e. The molecule has 1 aliphatic rings. The molecule has 0 saturated carbocycles. The van der Waals surface area contributed by atoms with E-state index in [1.54, 1.807) is 7.11 Å². The predicted molar refractivity (Wildman–Crippen MR) is 101 cm³/mol. The maximum absolute atomic E-state index is 10.5. The van der Waals surface area contributed by atoms with Crippen LogP contribution >= 0.6 is 0 Å². The molecule has 3 heteroatoms. The molecule has 25 heavy (non-hydrogen) atoms. The van der Waals surface area contributed by atoms with E-state index < -0.39 is 0 Å². The maximum Gasteiger partial charge on any atom is 0.120 e. The van der Waals surface area contributed by atoms with Crippen molar-refractivity contribution in [2.45, 2.75) is 25.4 Å². The molecule has 1 atom stereocenters. The Morgan fingerprint density at radius 3 is 2.64 bits per heavy atom. The van der Waals surface area contributed by atoms with Gasteiger partial charge in [0.05, 0.1) is 7.11 Å². The van der Waals surface area contributed by atoms with Gasteiger partial charge in [0.1, 0.15) is 11.5 Å². The van der Waals surface area contributed by atoms with E-state index in [0.29, 0.717) is 11.8 Å². The van der Waals surface area contributed by atoms with E-state index in [1.165, 1.54) is 17.4 Å². The number of phenols is 1. The Labute approximate surface area is 148 Å². The van der Waals surface area contributed by atoms with E-state index in [1.807, 2.05) is 36.4 Å². The maximum atomic E-state index is 10.5. The highest BCUT2D eigenvalue weighted by Gasteiger charge is 2.27. The second-order valence-electron chi connectivity index (χ2n) is 6.69. The van der Waals surface area contributed by atoms with Gasteiger partial charge in [0.2, 0.25) is 0 Å². The van der Waals surface area contributed by atoms with Crippen molar-refractivity contribution in [1.82, 2.24) is 4.90 Å². The molecule has 4 rings (SSSR count). The van der Waals surface area contributed by atoms with Crippen molar-refractivity contribution >= 4 is 10.8 Å². The smallest absolute Gasteiger partial charge is 0.120 e. The Morgan fingerprint density at radius 2 is 1.84 bits per heavy atom. The molecular weight excluding hydrogens is 310 g/mol. The number of hydrogen-bond donors (Lipinski definition) is 1. The lowest BCUT2D eigenvalue weighted by Crippen LogP contribution is -2.23. The monoisotopic (exact) mass is 333 g/mol. The summed E-state index contributed by atoms with van der Waals surface area (Å²) in [5.74, 6) is 1.28. The molecule has 0 amide bonds. The molecule has 1 fully saturated rings. The highest BCUT2D eigenvalue weighted by Crippen LogP contribution is 2.36. The molecule has 3 nitrogen and oxygen atoms in total. The lowest BCUT2D eigenvalue weighted by Gasteiger charge is -2.26. The predicted octanol–water partition coefficient (Wildman–Crippen LogP) is 4.89. The third kappa shape index (κ3) is 3.08. The van der Waals surface area contributed by atoms with Gasteiger partial charge in [-0.25, -0.2) is 0 Å². The van der Waals surface area contributed by atoms with Crippen LogP contribution in [0.2, 0.25) is 0 Å². The molecule has 0 aromatic heterocycles. The standard InChI is InChI=1S/C22H23NO2/c1-25-18-11-8-17(9-12-18)21-7-4-14-23(21)15-20-19-6-3-2-5-16(19)10-13-22(20)24/h2-3,5-6,8-13,21,24H,4,7,14-15H2,1H3/t21-/m1/s1. The number of methoxy groups -OCH3 is 1. The SMILES string of the molecule is COc1ccc([C@H]2CCCN2Cc2c(O)ccc3ccccc23)cc1. The van der Waals surface area contributed by atoms with Gasteiger partial charge >= 0.3 is 0 Å². The van der Waals surface area contributed by atoms with Crippen LogP contribution in [0, 0.1) is 0 Å². The van der Waals surface area contributed by atoms with Crippen LogP contribution in [0.4, 0.5) is 0 Å². The number of aromatic hydroxyl groups is 1. The lowest BCUT2D eigenvalue weighted by atomic mass is 10.0. The average Bonchev–Trinajstić information content (AvgIpc) is 3.12. The molecule has 0 unspecified atom stereocenters. The zero-order chi connectivity index (χ0) is 17.2. The highest BCUT2D eigenvalue weighted by atomic mass is 16.5. The van der Waals surface area contributed by atoms with Crippen LogP contribution < -0.4 is 4.74 Å². The van der Waals surface area contributed by atoms with Crippen molar-refractivity contribution in [3.63, 3.8) is 0 Å². The van der Waals surface area contributed by atoms with Crippen LogP contribution in [0.3, 0.4) is 0 Å². The normalized spacial score (nSPS) is 17.9. The van der Waals surface area contributed by atoms with E-state index in [2.05, 4.69) is 29.2 Å². The zero-order valence-electron chi connectivity index (χ0n) is 14.5. The molecule has 1 aliphatic heterocycles. The van der Waals surface area contributed by atoms with Gasteiger partial charge < -0.3 is 9.84 Å². The van der Waals surface area contributed by atoms with Crippen molar-refractivity contribution in [2.75, 3.05) is 13.7 Å². The second-order valence-corrected chi connectivity index (χ2v) is 6.69. The van der Waals surface area contributed by atoms with Crippen molar-refractivity contribution in [3.05, 3.63) is 71.8 Å². The first-order valence-corrected chi connectivity index (χ1v) is 8.84. The van der Waals surface area contributed by atoms with E-state index in [4.69, 9.17) is 4.74 Å². The largest absolute Gasteiger partial charge is 0.508 e. The Bertz CT molecular complexity index is 873. The van der Waals surface area contributed by atoms with Crippen LogP contribution in [0.15, 0.2) is 60.7 Å². The summed E-state index contributed by atoms with van der Waals surface area (Å²) in [5.41, 5.74) is 2.34. The Morgan fingerprint density at radius 1 is 1.04 bits per heavy atom. The fourth-order valence-corrected chi connectivity index (χ4v) is 3.91. The Hall–Kier alpha value is -2.52. The lowest BCUT2D eigenvalue weighted by molar-refractivity contribution is 0.246. The molecule has 1 heterocycles. The number of benzene rings is 3. The summed E-state index contributed by atoms with van der Waals surface area (Å²) in [6, 6.07) is 20.8. The molecule has 3 aromatic rings. The number of hydrogen-bond acceptors (Lipinski definition) is 3. The first-order chi connectivity index (χ1) is 12.3. The minimum atomic E-state index is 0.388. The van der Waals surface area contributed by atoms with E-state index in [0.717, 1.165) is 36.2 Å². The fourth-order valence-electron chi connectivity index (χ4n) is 3.91. The van der Waals surface area contributed by atoms with Gasteiger partial charge in [0, 0.05) is 18.2 Å². The molecule has 128 valence electrons.